The van der Waals surface area contributed by atoms with Crippen molar-refractivity contribution in [3.8, 4) is 0 Å². The van der Waals surface area contributed by atoms with Crippen molar-refractivity contribution in [3.63, 3.8) is 0 Å². The van der Waals surface area contributed by atoms with Gasteiger partial charge in [0.05, 0.1) is 4.90 Å². The number of rotatable bonds is 6. The average Bonchev–Trinajstić information content (AvgIpc) is 2.67. The minimum atomic E-state index is -3.58. The van der Waals surface area contributed by atoms with Crippen LogP contribution in [0.2, 0.25) is 0 Å². The van der Waals surface area contributed by atoms with E-state index in [1.54, 1.807) is 24.3 Å². The number of benzene rings is 2. The van der Waals surface area contributed by atoms with E-state index in [1.165, 1.54) is 4.31 Å². The van der Waals surface area contributed by atoms with Crippen molar-refractivity contribution in [2.45, 2.75) is 37.2 Å². The molecule has 1 aliphatic heterocycles. The number of sulfonamides is 1. The van der Waals surface area contributed by atoms with Gasteiger partial charge >= 0.3 is 0 Å². The fraction of sp³-hybridized carbons (Fsp3) is 0.368. The maximum Gasteiger partial charge on any atom is 0.243 e. The van der Waals surface area contributed by atoms with E-state index in [2.05, 4.69) is 5.32 Å². The zero-order valence-corrected chi connectivity index (χ0v) is 15.5. The van der Waals surface area contributed by atoms with Crippen LogP contribution in [0.4, 0.5) is 13.2 Å². The van der Waals surface area contributed by atoms with Gasteiger partial charge in [0.1, 0.15) is 0 Å². The second kappa shape index (κ2) is 8.41. The van der Waals surface area contributed by atoms with Crippen LogP contribution in [-0.4, -0.2) is 25.8 Å². The standard InChI is InChI=1S/C19H21F3N2O2S/c20-16-10-14(11-17(21)19(16)22)12-23-13-15-6-2-3-7-18(15)27(25,26)24-8-4-1-5-9-24/h2-3,6-7,10-11,23H,1,4-5,8-9,12-13H2. The molecular weight excluding hydrogens is 377 g/mol. The number of hydrogen-bond donors (Lipinski definition) is 1. The third kappa shape index (κ3) is 4.51. The van der Waals surface area contributed by atoms with E-state index in [-0.39, 0.29) is 23.5 Å². The molecule has 3 rings (SSSR count). The first kappa shape index (κ1) is 19.9. The van der Waals surface area contributed by atoms with Crippen molar-refractivity contribution in [1.29, 1.82) is 0 Å². The highest BCUT2D eigenvalue weighted by Gasteiger charge is 2.27. The van der Waals surface area contributed by atoms with Gasteiger partial charge in [0, 0.05) is 26.2 Å². The highest BCUT2D eigenvalue weighted by Crippen LogP contribution is 2.23. The summed E-state index contributed by atoms with van der Waals surface area (Å²) >= 11 is 0. The summed E-state index contributed by atoms with van der Waals surface area (Å²) in [6.45, 7) is 1.30. The predicted octanol–water partition coefficient (Wildman–Crippen LogP) is 3.57. The topological polar surface area (TPSA) is 49.4 Å². The summed E-state index contributed by atoms with van der Waals surface area (Å²) in [6.07, 6.45) is 2.72. The molecule has 0 spiro atoms. The summed E-state index contributed by atoms with van der Waals surface area (Å²) in [6, 6.07) is 8.52. The van der Waals surface area contributed by atoms with Crippen LogP contribution < -0.4 is 5.32 Å². The van der Waals surface area contributed by atoms with Crippen molar-refractivity contribution >= 4 is 10.0 Å². The van der Waals surface area contributed by atoms with E-state index in [0.29, 0.717) is 18.7 Å². The summed E-state index contributed by atoms with van der Waals surface area (Å²) in [7, 11) is -3.58. The molecule has 146 valence electrons. The zero-order valence-electron chi connectivity index (χ0n) is 14.7. The summed E-state index contributed by atoms with van der Waals surface area (Å²) in [4.78, 5) is 0.232. The van der Waals surface area contributed by atoms with E-state index in [1.807, 2.05) is 0 Å². The van der Waals surface area contributed by atoms with Gasteiger partial charge in [-0.15, -0.1) is 0 Å². The molecule has 0 atom stereocenters. The van der Waals surface area contributed by atoms with E-state index >= 15 is 0 Å². The van der Waals surface area contributed by atoms with Gasteiger partial charge in [-0.2, -0.15) is 4.31 Å². The largest absolute Gasteiger partial charge is 0.309 e. The Hall–Kier alpha value is -1.90. The van der Waals surface area contributed by atoms with Crippen LogP contribution in [0, 0.1) is 17.5 Å². The van der Waals surface area contributed by atoms with Crippen molar-refractivity contribution in [1.82, 2.24) is 9.62 Å². The van der Waals surface area contributed by atoms with Gasteiger partial charge in [0.25, 0.3) is 0 Å². The van der Waals surface area contributed by atoms with Crippen molar-refractivity contribution < 1.29 is 21.6 Å². The van der Waals surface area contributed by atoms with Crippen LogP contribution in [-0.2, 0) is 23.1 Å². The lowest BCUT2D eigenvalue weighted by molar-refractivity contribution is 0.346. The molecular formula is C19H21F3N2O2S. The Balaban J connectivity index is 1.73. The molecule has 0 aromatic heterocycles. The molecule has 27 heavy (non-hydrogen) atoms. The van der Waals surface area contributed by atoms with Gasteiger partial charge < -0.3 is 5.32 Å². The molecule has 0 aliphatic carbocycles. The first-order chi connectivity index (χ1) is 12.9. The van der Waals surface area contributed by atoms with Gasteiger partial charge in [0.2, 0.25) is 10.0 Å². The molecule has 1 aliphatic rings. The maximum atomic E-state index is 13.3. The first-order valence-electron chi connectivity index (χ1n) is 8.82. The number of halogens is 3. The van der Waals surface area contributed by atoms with Crippen LogP contribution >= 0.6 is 0 Å². The Labute approximate surface area is 157 Å². The molecule has 2 aromatic carbocycles. The van der Waals surface area contributed by atoms with Crippen molar-refractivity contribution in [3.05, 3.63) is 65.0 Å². The van der Waals surface area contributed by atoms with Gasteiger partial charge in [-0.1, -0.05) is 24.6 Å². The monoisotopic (exact) mass is 398 g/mol. The normalized spacial score (nSPS) is 15.8. The molecule has 0 saturated carbocycles. The molecule has 0 amide bonds. The minimum Gasteiger partial charge on any atom is -0.309 e. The summed E-state index contributed by atoms with van der Waals surface area (Å²) in [5.41, 5.74) is 0.814. The average molecular weight is 398 g/mol. The van der Waals surface area contributed by atoms with Crippen LogP contribution in [0.5, 0.6) is 0 Å². The van der Waals surface area contributed by atoms with Gasteiger partial charge in [-0.05, 0) is 42.2 Å². The molecule has 1 N–H and O–H groups in total. The fourth-order valence-electron chi connectivity index (χ4n) is 3.20. The Kier molecular flexibility index (Phi) is 6.18. The Morgan fingerprint density at radius 3 is 2.22 bits per heavy atom. The van der Waals surface area contributed by atoms with Gasteiger partial charge in [-0.25, -0.2) is 21.6 Å². The Morgan fingerprint density at radius 2 is 1.56 bits per heavy atom. The molecule has 0 bridgehead atoms. The molecule has 2 aromatic rings. The van der Waals surface area contributed by atoms with Crippen LogP contribution in [0.15, 0.2) is 41.3 Å². The minimum absolute atomic E-state index is 0.0756. The SMILES string of the molecule is O=S(=O)(c1ccccc1CNCc1cc(F)c(F)c(F)c1)N1CCCCC1. The lowest BCUT2D eigenvalue weighted by atomic mass is 10.2. The van der Waals surface area contributed by atoms with Gasteiger partial charge in [0.15, 0.2) is 17.5 Å². The third-order valence-electron chi connectivity index (χ3n) is 4.59. The molecule has 0 unspecified atom stereocenters. The van der Waals surface area contributed by atoms with E-state index in [4.69, 9.17) is 0 Å². The Morgan fingerprint density at radius 1 is 0.926 bits per heavy atom. The summed E-state index contributed by atoms with van der Waals surface area (Å²) in [5, 5.41) is 2.97. The van der Waals surface area contributed by atoms with Crippen LogP contribution in [0.3, 0.4) is 0 Å². The summed E-state index contributed by atoms with van der Waals surface area (Å²) < 4.78 is 66.9. The molecule has 8 heteroatoms. The number of nitrogens with zero attached hydrogens (tertiary/aromatic N) is 1. The maximum absolute atomic E-state index is 13.3. The molecule has 1 fully saturated rings. The third-order valence-corrected chi connectivity index (χ3v) is 6.59. The highest BCUT2D eigenvalue weighted by atomic mass is 32.2. The quantitative estimate of drug-likeness (QED) is 0.757. The van der Waals surface area contributed by atoms with Crippen molar-refractivity contribution in [2.24, 2.45) is 0 Å². The second-order valence-corrected chi connectivity index (χ2v) is 8.46. The molecule has 4 nitrogen and oxygen atoms in total. The number of nitrogens with one attached hydrogen (secondary N) is 1. The predicted molar refractivity (Wildman–Crippen MR) is 95.9 cm³/mol. The fourth-order valence-corrected chi connectivity index (χ4v) is 4.94. The van der Waals surface area contributed by atoms with Crippen LogP contribution in [0.25, 0.3) is 0 Å². The lowest BCUT2D eigenvalue weighted by Crippen LogP contribution is -2.36. The van der Waals surface area contributed by atoms with E-state index < -0.39 is 27.5 Å². The zero-order chi connectivity index (χ0) is 19.4. The first-order valence-corrected chi connectivity index (χ1v) is 10.3. The molecule has 1 heterocycles. The van der Waals surface area contributed by atoms with Gasteiger partial charge in [-0.3, -0.25) is 0 Å². The second-order valence-electron chi connectivity index (χ2n) is 6.55. The van der Waals surface area contributed by atoms with E-state index in [9.17, 15) is 21.6 Å². The highest BCUT2D eigenvalue weighted by molar-refractivity contribution is 7.89. The molecule has 0 radical (unpaired) electrons. The number of hydrogen-bond acceptors (Lipinski definition) is 3. The molecule has 1 saturated heterocycles. The lowest BCUT2D eigenvalue weighted by Gasteiger charge is -2.26. The Bertz CT molecular complexity index is 890. The summed E-state index contributed by atoms with van der Waals surface area (Å²) in [5.74, 6) is -4.00. The van der Waals surface area contributed by atoms with Crippen molar-refractivity contribution in [2.75, 3.05) is 13.1 Å². The smallest absolute Gasteiger partial charge is 0.243 e. The van der Waals surface area contributed by atoms with Crippen LogP contribution in [0.1, 0.15) is 30.4 Å². The van der Waals surface area contributed by atoms with E-state index in [0.717, 1.165) is 31.4 Å². The number of piperidine rings is 1.